The fourth-order valence-electron chi connectivity index (χ4n) is 5.60. The Balaban J connectivity index is 1.82. The lowest BCUT2D eigenvalue weighted by atomic mass is 9.60. The van der Waals surface area contributed by atoms with Crippen molar-refractivity contribution in [2.45, 2.75) is 58.0 Å². The van der Waals surface area contributed by atoms with E-state index in [9.17, 15) is 5.11 Å². The van der Waals surface area contributed by atoms with Crippen molar-refractivity contribution in [1.82, 2.24) is 4.90 Å². The zero-order valence-electron chi connectivity index (χ0n) is 15.5. The third kappa shape index (κ3) is 3.78. The van der Waals surface area contributed by atoms with Gasteiger partial charge in [-0.2, -0.15) is 0 Å². The monoisotopic (exact) mass is 331 g/mol. The first-order chi connectivity index (χ1) is 11.5. The second kappa shape index (κ2) is 7.45. The normalized spacial score (nSPS) is 32.8. The highest BCUT2D eigenvalue weighted by Gasteiger charge is 2.47. The lowest BCUT2D eigenvalue weighted by molar-refractivity contribution is -0.0506. The summed E-state index contributed by atoms with van der Waals surface area (Å²) >= 11 is 0. The summed E-state index contributed by atoms with van der Waals surface area (Å²) in [4.78, 5) is 2.59. The summed E-state index contributed by atoms with van der Waals surface area (Å²) in [6.07, 6.45) is 6.66. The molecule has 2 aliphatic carbocycles. The molecular formula is C21H33NO2. The van der Waals surface area contributed by atoms with Crippen LogP contribution >= 0.6 is 0 Å². The second-order valence-corrected chi connectivity index (χ2v) is 8.38. The van der Waals surface area contributed by atoms with Gasteiger partial charge in [0.15, 0.2) is 0 Å². The Morgan fingerprint density at radius 1 is 1.08 bits per heavy atom. The van der Waals surface area contributed by atoms with Gasteiger partial charge in [0.25, 0.3) is 0 Å². The molecule has 3 heteroatoms. The second-order valence-electron chi connectivity index (χ2n) is 8.38. The molecule has 0 spiro atoms. The van der Waals surface area contributed by atoms with E-state index in [4.69, 9.17) is 4.74 Å². The number of β-amino-alcohol motifs (C(OH)–C–C–N with tert-alkyl or cyclic N) is 1. The van der Waals surface area contributed by atoms with Crippen LogP contribution in [-0.2, 0) is 6.54 Å². The van der Waals surface area contributed by atoms with Gasteiger partial charge in [-0.05, 0) is 67.6 Å². The van der Waals surface area contributed by atoms with Gasteiger partial charge in [0.05, 0.1) is 13.7 Å². The van der Waals surface area contributed by atoms with E-state index in [1.165, 1.54) is 37.7 Å². The van der Waals surface area contributed by atoms with Crippen molar-refractivity contribution in [3.63, 3.8) is 0 Å². The fraction of sp³-hybridized carbons (Fsp3) is 0.714. The van der Waals surface area contributed by atoms with Crippen LogP contribution in [0.3, 0.4) is 0 Å². The first kappa shape index (κ1) is 17.8. The number of fused-ring (bicyclic) bond motifs is 2. The standard InChI is InChI=1S/C21H33NO2/c1-16-10-19-11-17(2)13-21(12-16,14-19)22(8-9-23)15-18-4-6-20(24-3)7-5-18/h4-7,16-17,19,23H,8-15H2,1-3H3. The molecule has 0 amide bonds. The van der Waals surface area contributed by atoms with Gasteiger partial charge >= 0.3 is 0 Å². The largest absolute Gasteiger partial charge is 0.497 e. The van der Waals surface area contributed by atoms with Crippen LogP contribution in [0.1, 0.15) is 51.5 Å². The first-order valence-electron chi connectivity index (χ1n) is 9.53. The lowest BCUT2D eigenvalue weighted by Gasteiger charge is -2.55. The molecule has 3 rings (SSSR count). The van der Waals surface area contributed by atoms with Crippen molar-refractivity contribution < 1.29 is 9.84 Å². The number of nitrogens with zero attached hydrogens (tertiary/aromatic N) is 1. The number of ether oxygens (including phenoxy) is 1. The van der Waals surface area contributed by atoms with Crippen molar-refractivity contribution in [1.29, 1.82) is 0 Å². The van der Waals surface area contributed by atoms with E-state index in [1.807, 2.05) is 12.1 Å². The lowest BCUT2D eigenvalue weighted by Crippen LogP contribution is -2.56. The predicted octanol–water partition coefficient (Wildman–Crippen LogP) is 4.09. The van der Waals surface area contributed by atoms with Gasteiger partial charge in [0, 0.05) is 18.6 Å². The molecule has 3 nitrogen and oxygen atoms in total. The first-order valence-corrected chi connectivity index (χ1v) is 9.53. The van der Waals surface area contributed by atoms with Crippen LogP contribution in [0.25, 0.3) is 0 Å². The van der Waals surface area contributed by atoms with E-state index in [-0.39, 0.29) is 12.1 Å². The van der Waals surface area contributed by atoms with E-state index >= 15 is 0 Å². The summed E-state index contributed by atoms with van der Waals surface area (Å²) in [5.74, 6) is 3.37. The molecule has 0 aliphatic heterocycles. The third-order valence-electron chi connectivity index (χ3n) is 6.17. The Hall–Kier alpha value is -1.06. The van der Waals surface area contributed by atoms with Crippen LogP contribution in [-0.4, -0.2) is 35.8 Å². The third-order valence-corrected chi connectivity index (χ3v) is 6.17. The molecule has 0 radical (unpaired) electrons. The SMILES string of the molecule is COc1ccc(CN(CCO)C23CC(C)CC(CC(C)C2)C3)cc1. The Kier molecular flexibility index (Phi) is 5.51. The Labute approximate surface area is 147 Å². The van der Waals surface area contributed by atoms with Gasteiger partial charge in [-0.1, -0.05) is 26.0 Å². The molecule has 134 valence electrons. The van der Waals surface area contributed by atoms with Crippen LogP contribution in [0, 0.1) is 17.8 Å². The molecule has 2 bridgehead atoms. The van der Waals surface area contributed by atoms with Gasteiger partial charge in [-0.3, -0.25) is 4.90 Å². The molecule has 0 saturated heterocycles. The molecule has 24 heavy (non-hydrogen) atoms. The maximum absolute atomic E-state index is 9.69. The smallest absolute Gasteiger partial charge is 0.118 e. The van der Waals surface area contributed by atoms with E-state index in [0.717, 1.165) is 36.6 Å². The average Bonchev–Trinajstić information content (AvgIpc) is 2.53. The van der Waals surface area contributed by atoms with Crippen LogP contribution in [0.2, 0.25) is 0 Å². The summed E-state index contributed by atoms with van der Waals surface area (Å²) in [5, 5.41) is 9.69. The number of hydrogen-bond donors (Lipinski definition) is 1. The van der Waals surface area contributed by atoms with Crippen LogP contribution in [0.5, 0.6) is 5.75 Å². The molecule has 1 N–H and O–H groups in total. The summed E-state index contributed by atoms with van der Waals surface area (Å²) in [6.45, 7) is 6.78. The van der Waals surface area contributed by atoms with Crippen molar-refractivity contribution >= 4 is 0 Å². The Morgan fingerprint density at radius 3 is 2.25 bits per heavy atom. The summed E-state index contributed by atoms with van der Waals surface area (Å²) in [7, 11) is 1.71. The molecule has 2 unspecified atom stereocenters. The summed E-state index contributed by atoms with van der Waals surface area (Å²) in [5.41, 5.74) is 1.59. The highest BCUT2D eigenvalue weighted by Crippen LogP contribution is 2.50. The number of aliphatic hydroxyl groups is 1. The zero-order chi connectivity index (χ0) is 17.2. The van der Waals surface area contributed by atoms with Crippen LogP contribution < -0.4 is 4.74 Å². The molecule has 0 aromatic heterocycles. The summed E-state index contributed by atoms with van der Waals surface area (Å²) < 4.78 is 5.28. The molecule has 0 heterocycles. The summed E-state index contributed by atoms with van der Waals surface area (Å²) in [6, 6.07) is 8.41. The number of benzene rings is 1. The van der Waals surface area contributed by atoms with Gasteiger partial charge in [-0.25, -0.2) is 0 Å². The number of aliphatic hydroxyl groups excluding tert-OH is 1. The topological polar surface area (TPSA) is 32.7 Å². The van der Waals surface area contributed by atoms with Crippen molar-refractivity contribution in [3.05, 3.63) is 29.8 Å². The van der Waals surface area contributed by atoms with E-state index in [0.29, 0.717) is 0 Å². The molecule has 2 aliphatic rings. The maximum atomic E-state index is 9.69. The Morgan fingerprint density at radius 2 is 1.71 bits per heavy atom. The molecule has 1 aromatic rings. The number of methoxy groups -OCH3 is 1. The molecule has 2 fully saturated rings. The zero-order valence-corrected chi connectivity index (χ0v) is 15.5. The van der Waals surface area contributed by atoms with Crippen LogP contribution in [0.4, 0.5) is 0 Å². The number of rotatable bonds is 6. The minimum Gasteiger partial charge on any atom is -0.497 e. The van der Waals surface area contributed by atoms with Gasteiger partial charge < -0.3 is 9.84 Å². The van der Waals surface area contributed by atoms with Gasteiger partial charge in [-0.15, -0.1) is 0 Å². The minimum atomic E-state index is 0.241. The van der Waals surface area contributed by atoms with Gasteiger partial charge in [0.2, 0.25) is 0 Å². The van der Waals surface area contributed by atoms with Crippen LogP contribution in [0.15, 0.2) is 24.3 Å². The average molecular weight is 332 g/mol. The minimum absolute atomic E-state index is 0.241. The van der Waals surface area contributed by atoms with Crippen molar-refractivity contribution in [2.75, 3.05) is 20.3 Å². The van der Waals surface area contributed by atoms with Crippen molar-refractivity contribution in [3.8, 4) is 5.75 Å². The molecule has 2 atom stereocenters. The highest BCUT2D eigenvalue weighted by atomic mass is 16.5. The maximum Gasteiger partial charge on any atom is 0.118 e. The van der Waals surface area contributed by atoms with Crippen molar-refractivity contribution in [2.24, 2.45) is 17.8 Å². The fourth-order valence-corrected chi connectivity index (χ4v) is 5.60. The molecular weight excluding hydrogens is 298 g/mol. The van der Waals surface area contributed by atoms with Gasteiger partial charge in [0.1, 0.15) is 5.75 Å². The molecule has 2 saturated carbocycles. The molecule has 1 aromatic carbocycles. The Bertz CT molecular complexity index is 508. The predicted molar refractivity (Wildman–Crippen MR) is 98.1 cm³/mol. The highest BCUT2D eigenvalue weighted by molar-refractivity contribution is 5.27. The van der Waals surface area contributed by atoms with E-state index in [2.05, 4.69) is 30.9 Å². The number of hydrogen-bond acceptors (Lipinski definition) is 3. The quantitative estimate of drug-likeness (QED) is 0.852. The van der Waals surface area contributed by atoms with E-state index in [1.54, 1.807) is 7.11 Å². The van der Waals surface area contributed by atoms with E-state index < -0.39 is 0 Å².